The minimum absolute atomic E-state index is 0.0581. The second-order valence-corrected chi connectivity index (χ2v) is 7.31. The van der Waals surface area contributed by atoms with E-state index in [4.69, 9.17) is 4.74 Å². The van der Waals surface area contributed by atoms with Gasteiger partial charge in [-0.1, -0.05) is 13.0 Å². The zero-order valence-corrected chi connectivity index (χ0v) is 16.5. The van der Waals surface area contributed by atoms with Gasteiger partial charge in [-0.25, -0.2) is 0 Å². The molecule has 2 aromatic rings. The van der Waals surface area contributed by atoms with Crippen LogP contribution in [-0.2, 0) is 4.79 Å². The maximum Gasteiger partial charge on any atom is 0.262 e. The number of anilines is 1. The number of rotatable bonds is 5. The molecule has 3 rings (SSSR count). The minimum Gasteiger partial charge on any atom is -0.483 e. The van der Waals surface area contributed by atoms with Gasteiger partial charge in [0.05, 0.1) is 5.56 Å². The highest BCUT2D eigenvalue weighted by molar-refractivity contribution is 6.04. The van der Waals surface area contributed by atoms with Crippen LogP contribution in [0.15, 0.2) is 36.4 Å². The van der Waals surface area contributed by atoms with E-state index in [0.29, 0.717) is 29.0 Å². The van der Waals surface area contributed by atoms with Crippen LogP contribution in [0, 0.1) is 6.92 Å². The fraction of sp³-hybridized carbons (Fsp3) is 0.318. The average molecular weight is 380 g/mol. The molecule has 0 radical (unpaired) electrons. The fourth-order valence-electron chi connectivity index (χ4n) is 3.52. The van der Waals surface area contributed by atoms with Gasteiger partial charge in [-0.2, -0.15) is 0 Å². The first-order valence-corrected chi connectivity index (χ1v) is 9.19. The molecule has 0 fully saturated rings. The fourth-order valence-corrected chi connectivity index (χ4v) is 3.52. The van der Waals surface area contributed by atoms with Crippen LogP contribution in [0.2, 0.25) is 0 Å². The van der Waals surface area contributed by atoms with Crippen molar-refractivity contribution in [1.82, 2.24) is 4.90 Å². The minimum atomic E-state index is -0.334. The summed E-state index contributed by atoms with van der Waals surface area (Å²) in [5, 5.41) is 2.73. The summed E-state index contributed by atoms with van der Waals surface area (Å²) in [5.74, 6) is 0.246. The monoisotopic (exact) mass is 380 g/mol. The second kappa shape index (κ2) is 7.84. The van der Waals surface area contributed by atoms with Crippen LogP contribution >= 0.6 is 0 Å². The van der Waals surface area contributed by atoms with Gasteiger partial charge in [-0.15, -0.1) is 0 Å². The van der Waals surface area contributed by atoms with Crippen molar-refractivity contribution in [3.05, 3.63) is 58.7 Å². The summed E-state index contributed by atoms with van der Waals surface area (Å²) >= 11 is 0. The number of carbonyl (C=O) groups is 3. The Hall–Kier alpha value is -3.15. The van der Waals surface area contributed by atoms with Gasteiger partial charge in [0.15, 0.2) is 12.4 Å². The highest BCUT2D eigenvalue weighted by atomic mass is 16.5. The van der Waals surface area contributed by atoms with Crippen molar-refractivity contribution < 1.29 is 19.1 Å². The van der Waals surface area contributed by atoms with Gasteiger partial charge < -0.3 is 15.0 Å². The molecule has 1 N–H and O–H groups in total. The summed E-state index contributed by atoms with van der Waals surface area (Å²) in [6, 6.07) is 10.3. The van der Waals surface area contributed by atoms with E-state index in [0.717, 1.165) is 11.1 Å². The number of amides is 2. The van der Waals surface area contributed by atoms with Crippen LogP contribution < -0.4 is 10.1 Å². The number of nitrogens with one attached hydrogen (secondary N) is 1. The van der Waals surface area contributed by atoms with E-state index in [1.165, 1.54) is 4.90 Å². The summed E-state index contributed by atoms with van der Waals surface area (Å²) in [6.07, 6.45) is 0.473. The molecule has 146 valence electrons. The van der Waals surface area contributed by atoms with Gasteiger partial charge in [0.2, 0.25) is 0 Å². The number of carbonyl (C=O) groups excluding carboxylic acids is 3. The van der Waals surface area contributed by atoms with Crippen molar-refractivity contribution in [2.45, 2.75) is 26.2 Å². The summed E-state index contributed by atoms with van der Waals surface area (Å²) < 4.78 is 5.66. The van der Waals surface area contributed by atoms with E-state index >= 15 is 0 Å². The third-order valence-corrected chi connectivity index (χ3v) is 4.87. The molecule has 1 aliphatic carbocycles. The number of benzene rings is 2. The van der Waals surface area contributed by atoms with E-state index in [9.17, 15) is 14.4 Å². The molecule has 0 aliphatic heterocycles. The highest BCUT2D eigenvalue weighted by Crippen LogP contribution is 2.40. The summed E-state index contributed by atoms with van der Waals surface area (Å²) in [6.45, 7) is 3.81. The van der Waals surface area contributed by atoms with E-state index in [2.05, 4.69) is 5.32 Å². The van der Waals surface area contributed by atoms with Crippen molar-refractivity contribution in [2.75, 3.05) is 26.0 Å². The number of nitrogens with zero attached hydrogens (tertiary/aromatic N) is 1. The van der Waals surface area contributed by atoms with Crippen LogP contribution in [0.1, 0.15) is 51.1 Å². The van der Waals surface area contributed by atoms with E-state index in [-0.39, 0.29) is 30.1 Å². The van der Waals surface area contributed by atoms with Crippen molar-refractivity contribution in [1.29, 1.82) is 0 Å². The standard InChI is InChI=1S/C22H24N2O4/c1-13-5-10-18(21-17(25)11-14(2)20(13)21)28-12-19(26)23-16-8-6-15(7-9-16)22(27)24(3)4/h5-10,14H,11-12H2,1-4H3,(H,23,26)/t14-/m1/s1. The van der Waals surface area contributed by atoms with Gasteiger partial charge in [0, 0.05) is 31.8 Å². The predicted octanol–water partition coefficient (Wildman–Crippen LogP) is 3.40. The number of hydrogen-bond donors (Lipinski definition) is 1. The molecule has 0 heterocycles. The lowest BCUT2D eigenvalue weighted by Gasteiger charge is -2.13. The molecule has 28 heavy (non-hydrogen) atoms. The number of aryl methyl sites for hydroxylation is 1. The molecule has 6 heteroatoms. The molecule has 2 amide bonds. The third kappa shape index (κ3) is 3.91. The van der Waals surface area contributed by atoms with Gasteiger partial charge in [0.1, 0.15) is 5.75 Å². The Balaban J connectivity index is 1.64. The van der Waals surface area contributed by atoms with Crippen LogP contribution in [0.4, 0.5) is 5.69 Å². The number of ketones is 1. The number of Topliss-reactive ketones (excluding diaryl/α,β-unsaturated/α-hetero) is 1. The topological polar surface area (TPSA) is 75.7 Å². The smallest absolute Gasteiger partial charge is 0.262 e. The maximum absolute atomic E-state index is 12.3. The third-order valence-electron chi connectivity index (χ3n) is 4.87. The molecule has 1 aliphatic rings. The lowest BCUT2D eigenvalue weighted by molar-refractivity contribution is -0.118. The normalized spacial score (nSPS) is 15.1. The van der Waals surface area contributed by atoms with E-state index in [1.54, 1.807) is 44.4 Å². The van der Waals surface area contributed by atoms with Gasteiger partial charge in [-0.3, -0.25) is 14.4 Å². The molecule has 2 aromatic carbocycles. The number of hydrogen-bond acceptors (Lipinski definition) is 4. The first-order chi connectivity index (χ1) is 13.3. The second-order valence-electron chi connectivity index (χ2n) is 7.31. The number of ether oxygens (including phenoxy) is 1. The van der Waals surface area contributed by atoms with Crippen LogP contribution in [0.5, 0.6) is 5.75 Å². The Kier molecular flexibility index (Phi) is 5.49. The van der Waals surface area contributed by atoms with Crippen LogP contribution in [0.3, 0.4) is 0 Å². The average Bonchev–Trinajstić information content (AvgIpc) is 2.96. The van der Waals surface area contributed by atoms with E-state index in [1.807, 2.05) is 19.9 Å². The highest BCUT2D eigenvalue weighted by Gasteiger charge is 2.31. The molecule has 0 spiro atoms. The van der Waals surface area contributed by atoms with E-state index < -0.39 is 0 Å². The molecule has 0 saturated heterocycles. The Labute approximate surface area is 164 Å². The van der Waals surface area contributed by atoms with Gasteiger partial charge in [0.25, 0.3) is 11.8 Å². The molecular formula is C22H24N2O4. The van der Waals surface area contributed by atoms with Crippen molar-refractivity contribution in [3.8, 4) is 5.75 Å². The molecule has 6 nitrogen and oxygen atoms in total. The Morgan fingerprint density at radius 1 is 1.14 bits per heavy atom. The van der Waals surface area contributed by atoms with Gasteiger partial charge in [-0.05, 0) is 54.3 Å². The summed E-state index contributed by atoms with van der Waals surface area (Å²) in [5.41, 5.74) is 3.80. The zero-order chi connectivity index (χ0) is 20.4. The molecule has 0 bridgehead atoms. The Morgan fingerprint density at radius 3 is 2.46 bits per heavy atom. The predicted molar refractivity (Wildman–Crippen MR) is 107 cm³/mol. The summed E-state index contributed by atoms with van der Waals surface area (Å²) in [7, 11) is 3.37. The number of fused-ring (bicyclic) bond motifs is 1. The van der Waals surface area contributed by atoms with Crippen LogP contribution in [0.25, 0.3) is 0 Å². The Bertz CT molecular complexity index is 932. The lowest BCUT2D eigenvalue weighted by Crippen LogP contribution is -2.22. The first-order valence-electron chi connectivity index (χ1n) is 9.19. The van der Waals surface area contributed by atoms with Crippen molar-refractivity contribution in [2.24, 2.45) is 0 Å². The van der Waals surface area contributed by atoms with Crippen molar-refractivity contribution >= 4 is 23.3 Å². The summed E-state index contributed by atoms with van der Waals surface area (Å²) in [4.78, 5) is 37.9. The molecule has 0 aromatic heterocycles. The van der Waals surface area contributed by atoms with Gasteiger partial charge >= 0.3 is 0 Å². The Morgan fingerprint density at radius 2 is 1.82 bits per heavy atom. The lowest BCUT2D eigenvalue weighted by atomic mass is 9.97. The first kappa shape index (κ1) is 19.6. The molecule has 1 atom stereocenters. The quantitative estimate of drug-likeness (QED) is 0.863. The van der Waals surface area contributed by atoms with Crippen LogP contribution in [-0.4, -0.2) is 43.2 Å². The largest absolute Gasteiger partial charge is 0.483 e. The maximum atomic E-state index is 12.3. The molecule has 0 saturated carbocycles. The molecule has 0 unspecified atom stereocenters. The molecular weight excluding hydrogens is 356 g/mol. The SMILES string of the molecule is Cc1ccc(OCC(=O)Nc2ccc(C(=O)N(C)C)cc2)c2c1[C@H](C)CC2=O. The zero-order valence-electron chi connectivity index (χ0n) is 16.5. The van der Waals surface area contributed by atoms with Crippen molar-refractivity contribution in [3.63, 3.8) is 0 Å².